The molecule has 4 rings (SSSR count). The van der Waals surface area contributed by atoms with Crippen molar-refractivity contribution >= 4 is 28.6 Å². The zero-order chi connectivity index (χ0) is 30.6. The van der Waals surface area contributed by atoms with Crippen LogP contribution in [0.15, 0.2) is 67.1 Å². The first kappa shape index (κ1) is 30.4. The Morgan fingerprint density at radius 1 is 1.10 bits per heavy atom. The summed E-state index contributed by atoms with van der Waals surface area (Å²) in [6.07, 6.45) is 7.50. The van der Waals surface area contributed by atoms with Crippen LogP contribution in [0.4, 0.5) is 10.1 Å². The number of carbonyl (C=O) groups excluding carboxylic acids is 2. The Bertz CT molecular complexity index is 1640. The Kier molecular flexibility index (Phi) is 9.06. The Balaban J connectivity index is 1.78. The number of hydrogen-bond donors (Lipinski definition) is 1. The van der Waals surface area contributed by atoms with Gasteiger partial charge in [0.25, 0.3) is 0 Å². The summed E-state index contributed by atoms with van der Waals surface area (Å²) in [5.41, 5.74) is 3.22. The Labute approximate surface area is 245 Å². The smallest absolute Gasteiger partial charge is 0.313 e. The molecule has 0 spiro atoms. The third-order valence-electron chi connectivity index (χ3n) is 6.47. The molecule has 0 saturated heterocycles. The number of benzene rings is 1. The molecule has 1 amide bonds. The SMILES string of the molecule is COc1cc(NC(=O)C=CCN(C)C)cc(-c2cnc3c(c2)c(-c2ccnc(F)c2)cn3C(C)OC(=O)C(C)(C)C)c1. The molecule has 9 nitrogen and oxygen atoms in total. The van der Waals surface area contributed by atoms with Crippen LogP contribution in [-0.4, -0.2) is 59.1 Å². The maximum atomic E-state index is 14.2. The van der Waals surface area contributed by atoms with Crippen molar-refractivity contribution in [2.45, 2.75) is 33.9 Å². The molecule has 1 N–H and O–H groups in total. The van der Waals surface area contributed by atoms with Crippen LogP contribution in [0.3, 0.4) is 0 Å². The van der Waals surface area contributed by atoms with Gasteiger partial charge < -0.3 is 19.7 Å². The fraction of sp³-hybridized carbons (Fsp3) is 0.312. The molecule has 3 heterocycles. The largest absolute Gasteiger partial charge is 0.497 e. The van der Waals surface area contributed by atoms with Gasteiger partial charge in [-0.2, -0.15) is 4.39 Å². The Morgan fingerprint density at radius 2 is 1.86 bits per heavy atom. The third kappa shape index (κ3) is 7.19. The van der Waals surface area contributed by atoms with Crippen molar-refractivity contribution in [1.82, 2.24) is 19.4 Å². The lowest BCUT2D eigenvalue weighted by molar-refractivity contribution is -0.162. The number of likely N-dealkylation sites (N-methyl/N-ethyl adjacent to an activating group) is 1. The second-order valence-electron chi connectivity index (χ2n) is 11.3. The van der Waals surface area contributed by atoms with E-state index in [0.29, 0.717) is 34.8 Å². The average molecular weight is 574 g/mol. The molecule has 220 valence electrons. The van der Waals surface area contributed by atoms with Crippen LogP contribution in [0.1, 0.15) is 33.9 Å². The standard InChI is InChI=1S/C32H36FN5O4/c1-20(42-31(40)32(2,3)4)38-19-27(21-10-11-34-28(33)16-21)26-15-23(18-35-30(26)38)22-13-24(17-25(14-22)41-7)36-29(39)9-8-12-37(5)6/h8-11,13-20H,12H2,1-7H3,(H,36,39). The summed E-state index contributed by atoms with van der Waals surface area (Å²) < 4.78 is 27.2. The van der Waals surface area contributed by atoms with Crippen LogP contribution in [0.2, 0.25) is 0 Å². The zero-order valence-corrected chi connectivity index (χ0v) is 24.9. The molecular formula is C32H36FN5O4. The van der Waals surface area contributed by atoms with Crippen molar-refractivity contribution in [3.8, 4) is 28.0 Å². The predicted molar refractivity (Wildman–Crippen MR) is 161 cm³/mol. The van der Waals surface area contributed by atoms with E-state index >= 15 is 0 Å². The second-order valence-corrected chi connectivity index (χ2v) is 11.3. The number of esters is 1. The van der Waals surface area contributed by atoms with Crippen molar-refractivity contribution in [3.63, 3.8) is 0 Å². The molecule has 4 aromatic rings. The van der Waals surface area contributed by atoms with Crippen LogP contribution in [0.5, 0.6) is 5.75 Å². The topological polar surface area (TPSA) is 98.6 Å². The van der Waals surface area contributed by atoms with E-state index in [1.54, 1.807) is 70.0 Å². The van der Waals surface area contributed by atoms with Gasteiger partial charge in [-0.3, -0.25) is 14.2 Å². The highest BCUT2D eigenvalue weighted by Crippen LogP contribution is 2.36. The summed E-state index contributed by atoms with van der Waals surface area (Å²) in [5.74, 6) is -0.676. The predicted octanol–water partition coefficient (Wildman–Crippen LogP) is 6.08. The molecule has 0 aliphatic heterocycles. The highest BCUT2D eigenvalue weighted by molar-refractivity contribution is 6.00. The highest BCUT2D eigenvalue weighted by Gasteiger charge is 2.27. The van der Waals surface area contributed by atoms with E-state index in [1.165, 1.54) is 18.3 Å². The zero-order valence-electron chi connectivity index (χ0n) is 24.9. The van der Waals surface area contributed by atoms with Gasteiger partial charge in [-0.15, -0.1) is 0 Å². The van der Waals surface area contributed by atoms with Crippen molar-refractivity contribution in [2.75, 3.05) is 33.1 Å². The Hall–Kier alpha value is -4.57. The van der Waals surface area contributed by atoms with Crippen molar-refractivity contribution in [2.24, 2.45) is 5.41 Å². The number of anilines is 1. The van der Waals surface area contributed by atoms with Gasteiger partial charge in [0.15, 0.2) is 6.23 Å². The molecule has 1 atom stereocenters. The molecule has 3 aromatic heterocycles. The van der Waals surface area contributed by atoms with Crippen LogP contribution < -0.4 is 10.1 Å². The second kappa shape index (κ2) is 12.5. The molecule has 0 aliphatic carbocycles. The van der Waals surface area contributed by atoms with Crippen molar-refractivity contribution in [3.05, 3.63) is 73.1 Å². The fourth-order valence-corrected chi connectivity index (χ4v) is 4.27. The molecule has 0 radical (unpaired) electrons. The lowest BCUT2D eigenvalue weighted by Crippen LogP contribution is -2.26. The number of ether oxygens (including phenoxy) is 2. The number of nitrogens with one attached hydrogen (secondary N) is 1. The monoisotopic (exact) mass is 573 g/mol. The van der Waals surface area contributed by atoms with Gasteiger partial charge in [-0.05, 0) is 77.2 Å². The number of hydrogen-bond acceptors (Lipinski definition) is 7. The lowest BCUT2D eigenvalue weighted by atomic mass is 9.97. The van der Waals surface area contributed by atoms with Crippen molar-refractivity contribution in [1.29, 1.82) is 0 Å². The molecule has 42 heavy (non-hydrogen) atoms. The number of pyridine rings is 2. The maximum Gasteiger partial charge on any atom is 0.313 e. The first-order valence-corrected chi connectivity index (χ1v) is 13.5. The number of carbonyl (C=O) groups is 2. The summed E-state index contributed by atoms with van der Waals surface area (Å²) in [6.45, 7) is 7.77. The number of nitrogens with zero attached hydrogens (tertiary/aromatic N) is 4. The summed E-state index contributed by atoms with van der Waals surface area (Å²) in [4.78, 5) is 35.5. The first-order valence-electron chi connectivity index (χ1n) is 13.5. The van der Waals surface area contributed by atoms with Gasteiger partial charge in [0.1, 0.15) is 11.4 Å². The van der Waals surface area contributed by atoms with E-state index in [1.807, 2.05) is 37.2 Å². The average Bonchev–Trinajstić information content (AvgIpc) is 3.31. The molecule has 0 saturated carbocycles. The molecule has 0 bridgehead atoms. The van der Waals surface area contributed by atoms with Gasteiger partial charge >= 0.3 is 5.97 Å². The van der Waals surface area contributed by atoms with Gasteiger partial charge in [-0.1, -0.05) is 6.08 Å². The molecule has 0 aliphatic rings. The maximum absolute atomic E-state index is 14.2. The van der Waals surface area contributed by atoms with Crippen LogP contribution >= 0.6 is 0 Å². The van der Waals surface area contributed by atoms with Crippen LogP contribution in [0, 0.1) is 11.4 Å². The van der Waals surface area contributed by atoms with E-state index in [-0.39, 0.29) is 11.9 Å². The number of rotatable bonds is 9. The van der Waals surface area contributed by atoms with Gasteiger partial charge in [-0.25, -0.2) is 9.97 Å². The van der Waals surface area contributed by atoms with E-state index < -0.39 is 17.6 Å². The quantitative estimate of drug-likeness (QED) is 0.147. The van der Waals surface area contributed by atoms with Gasteiger partial charge in [0.2, 0.25) is 11.9 Å². The minimum absolute atomic E-state index is 0.262. The van der Waals surface area contributed by atoms with E-state index in [0.717, 1.165) is 16.5 Å². The molecule has 10 heteroatoms. The molecule has 1 aromatic carbocycles. The van der Waals surface area contributed by atoms with Gasteiger partial charge in [0, 0.05) is 65.5 Å². The number of fused-ring (bicyclic) bond motifs is 1. The van der Waals surface area contributed by atoms with E-state index in [9.17, 15) is 14.0 Å². The summed E-state index contributed by atoms with van der Waals surface area (Å²) in [7, 11) is 5.40. The van der Waals surface area contributed by atoms with E-state index in [2.05, 4.69) is 10.3 Å². The minimum Gasteiger partial charge on any atom is -0.497 e. The summed E-state index contributed by atoms with van der Waals surface area (Å²) in [5, 5.41) is 3.60. The first-order chi connectivity index (χ1) is 19.8. The Morgan fingerprint density at radius 3 is 2.52 bits per heavy atom. The van der Waals surface area contributed by atoms with E-state index in [4.69, 9.17) is 14.5 Å². The lowest BCUT2D eigenvalue weighted by Gasteiger charge is -2.22. The number of amides is 1. The number of aromatic nitrogens is 3. The normalized spacial score (nSPS) is 12.6. The number of halogens is 1. The third-order valence-corrected chi connectivity index (χ3v) is 6.47. The highest BCUT2D eigenvalue weighted by atomic mass is 19.1. The molecule has 1 unspecified atom stereocenters. The number of methoxy groups -OCH3 is 1. The van der Waals surface area contributed by atoms with Gasteiger partial charge in [0.05, 0.1) is 12.5 Å². The fourth-order valence-electron chi connectivity index (χ4n) is 4.27. The summed E-state index contributed by atoms with van der Waals surface area (Å²) >= 11 is 0. The molecule has 0 fully saturated rings. The van der Waals surface area contributed by atoms with Crippen molar-refractivity contribution < 1.29 is 23.5 Å². The minimum atomic E-state index is -0.684. The summed E-state index contributed by atoms with van der Waals surface area (Å²) in [6, 6.07) is 10.4. The van der Waals surface area contributed by atoms with Crippen LogP contribution in [0.25, 0.3) is 33.3 Å². The van der Waals surface area contributed by atoms with Crippen LogP contribution in [-0.2, 0) is 14.3 Å². The molecular weight excluding hydrogens is 537 g/mol.